The second kappa shape index (κ2) is 9.36. The molecule has 146 valence electrons. The molecule has 1 saturated heterocycles. The van der Waals surface area contributed by atoms with Crippen LogP contribution in [0, 0.1) is 0 Å². The first-order valence-electron chi connectivity index (χ1n) is 8.80. The Kier molecular flexibility index (Phi) is 7.45. The lowest BCUT2D eigenvalue weighted by Gasteiger charge is -2.36. The highest BCUT2D eigenvalue weighted by molar-refractivity contribution is 9.10. The lowest BCUT2D eigenvalue weighted by molar-refractivity contribution is 0.0309. The minimum Gasteiger partial charge on any atom is -0.480 e. The summed E-state index contributed by atoms with van der Waals surface area (Å²) in [5.41, 5.74) is -0.273. The van der Waals surface area contributed by atoms with Crippen molar-refractivity contribution in [2.75, 3.05) is 58.4 Å². The van der Waals surface area contributed by atoms with Gasteiger partial charge in [0.25, 0.3) is 0 Å². The first kappa shape index (κ1) is 20.7. The monoisotopic (exact) mass is 428 g/mol. The Hall–Kier alpha value is -1.61. The van der Waals surface area contributed by atoms with Crippen molar-refractivity contribution in [3.8, 4) is 5.88 Å². The highest BCUT2D eigenvalue weighted by Gasteiger charge is 2.23. The molecule has 0 saturated carbocycles. The van der Waals surface area contributed by atoms with E-state index in [9.17, 15) is 0 Å². The number of hydrogen-bond acceptors (Lipinski definition) is 6. The fourth-order valence-corrected chi connectivity index (χ4v) is 2.87. The molecule has 1 aromatic heterocycles. The molecule has 1 N–H and O–H groups in total. The number of anilines is 1. The smallest absolute Gasteiger partial charge is 0.232 e. The summed E-state index contributed by atoms with van der Waals surface area (Å²) in [4.78, 5) is 18.0. The average Bonchev–Trinajstić information content (AvgIpc) is 2.66. The first-order chi connectivity index (χ1) is 12.4. The van der Waals surface area contributed by atoms with E-state index in [1.807, 2.05) is 13.8 Å². The van der Waals surface area contributed by atoms with Crippen LogP contribution in [-0.4, -0.2) is 79.9 Å². The Balaban J connectivity index is 2.02. The van der Waals surface area contributed by atoms with E-state index in [1.165, 1.54) is 0 Å². The molecular weight excluding hydrogens is 400 g/mol. The Morgan fingerprint density at radius 1 is 1.31 bits per heavy atom. The number of piperazine rings is 1. The van der Waals surface area contributed by atoms with Gasteiger partial charge in [-0.05, 0) is 36.7 Å². The quantitative estimate of drug-likeness (QED) is 0.546. The van der Waals surface area contributed by atoms with Gasteiger partial charge in [-0.3, -0.25) is 4.99 Å². The van der Waals surface area contributed by atoms with E-state index in [0.717, 1.165) is 43.2 Å². The molecule has 2 rings (SSSR count). The van der Waals surface area contributed by atoms with Crippen molar-refractivity contribution >= 4 is 27.8 Å². The van der Waals surface area contributed by atoms with Crippen LogP contribution < -0.4 is 15.0 Å². The average molecular weight is 429 g/mol. The van der Waals surface area contributed by atoms with Gasteiger partial charge in [-0.2, -0.15) is 4.98 Å². The van der Waals surface area contributed by atoms with E-state index in [1.54, 1.807) is 20.4 Å². The van der Waals surface area contributed by atoms with Gasteiger partial charge < -0.3 is 24.6 Å². The number of aromatic nitrogens is 2. The van der Waals surface area contributed by atoms with Crippen LogP contribution in [0.1, 0.15) is 20.8 Å². The highest BCUT2D eigenvalue weighted by atomic mass is 79.9. The molecule has 9 heteroatoms. The molecule has 0 unspecified atom stereocenters. The molecule has 2 heterocycles. The molecule has 0 bridgehead atoms. The van der Waals surface area contributed by atoms with Crippen LogP contribution >= 0.6 is 15.9 Å². The predicted molar refractivity (Wildman–Crippen MR) is 107 cm³/mol. The molecule has 1 aliphatic heterocycles. The molecule has 1 aromatic rings. The van der Waals surface area contributed by atoms with Gasteiger partial charge in [-0.1, -0.05) is 0 Å². The summed E-state index contributed by atoms with van der Waals surface area (Å²) in [6.07, 6.45) is 1.73. The standard InChI is InChI=1S/C17H29BrN6O2/c1-6-19-15(21-12-17(2,3)26-5)23-7-9-24(10-8-23)16-20-11-13(18)14(22-16)25-4/h11H,6-10,12H2,1-5H3,(H,19,21). The first-order valence-corrected chi connectivity index (χ1v) is 9.59. The largest absolute Gasteiger partial charge is 0.480 e. The van der Waals surface area contributed by atoms with Crippen molar-refractivity contribution in [1.29, 1.82) is 0 Å². The summed E-state index contributed by atoms with van der Waals surface area (Å²) < 4.78 is 11.5. The summed E-state index contributed by atoms with van der Waals surface area (Å²) in [7, 11) is 3.32. The number of nitrogens with zero attached hydrogens (tertiary/aromatic N) is 5. The Labute approximate surface area is 164 Å². The zero-order valence-electron chi connectivity index (χ0n) is 16.3. The number of ether oxygens (including phenoxy) is 2. The van der Waals surface area contributed by atoms with Gasteiger partial charge in [0.1, 0.15) is 0 Å². The Morgan fingerprint density at radius 3 is 2.58 bits per heavy atom. The summed E-state index contributed by atoms with van der Waals surface area (Å²) >= 11 is 3.39. The van der Waals surface area contributed by atoms with Crippen LogP contribution in [0.5, 0.6) is 5.88 Å². The van der Waals surface area contributed by atoms with Crippen LogP contribution in [0.25, 0.3) is 0 Å². The number of hydrogen-bond donors (Lipinski definition) is 1. The maximum absolute atomic E-state index is 5.47. The van der Waals surface area contributed by atoms with E-state index in [4.69, 9.17) is 14.5 Å². The second-order valence-corrected chi connectivity index (χ2v) is 7.49. The normalized spacial score (nSPS) is 16.0. The maximum Gasteiger partial charge on any atom is 0.232 e. The predicted octanol–water partition coefficient (Wildman–Crippen LogP) is 1.76. The Morgan fingerprint density at radius 2 is 2.00 bits per heavy atom. The van der Waals surface area contributed by atoms with E-state index >= 15 is 0 Å². The van der Waals surface area contributed by atoms with Crippen molar-refractivity contribution < 1.29 is 9.47 Å². The third kappa shape index (κ3) is 5.44. The molecule has 0 amide bonds. The topological polar surface area (TPSA) is 75.1 Å². The molecular formula is C17H29BrN6O2. The molecule has 1 fully saturated rings. The van der Waals surface area contributed by atoms with Gasteiger partial charge in [-0.25, -0.2) is 4.98 Å². The van der Waals surface area contributed by atoms with Crippen molar-refractivity contribution in [3.63, 3.8) is 0 Å². The minimum absolute atomic E-state index is 0.273. The van der Waals surface area contributed by atoms with E-state index in [2.05, 4.69) is 47.9 Å². The SMILES string of the molecule is CCNC(=NCC(C)(C)OC)N1CCN(c2ncc(Br)c(OC)n2)CC1. The molecule has 8 nitrogen and oxygen atoms in total. The van der Waals surface area contributed by atoms with Gasteiger partial charge in [0, 0.05) is 39.8 Å². The fourth-order valence-electron chi connectivity index (χ4n) is 2.51. The van der Waals surface area contributed by atoms with E-state index in [-0.39, 0.29) is 5.60 Å². The van der Waals surface area contributed by atoms with Crippen LogP contribution in [0.2, 0.25) is 0 Å². The van der Waals surface area contributed by atoms with Gasteiger partial charge in [0.05, 0.1) is 29.9 Å². The number of nitrogens with one attached hydrogen (secondary N) is 1. The van der Waals surface area contributed by atoms with Gasteiger partial charge in [0.2, 0.25) is 11.8 Å². The summed E-state index contributed by atoms with van der Waals surface area (Å²) in [5, 5.41) is 3.37. The van der Waals surface area contributed by atoms with Crippen LogP contribution in [0.4, 0.5) is 5.95 Å². The summed E-state index contributed by atoms with van der Waals surface area (Å²) in [6, 6.07) is 0. The molecule has 0 radical (unpaired) electrons. The maximum atomic E-state index is 5.47. The summed E-state index contributed by atoms with van der Waals surface area (Å²) in [5.74, 6) is 2.16. The molecule has 1 aliphatic rings. The number of aliphatic imine (C=N–C) groups is 1. The molecule has 26 heavy (non-hydrogen) atoms. The lowest BCUT2D eigenvalue weighted by atomic mass is 10.1. The van der Waals surface area contributed by atoms with Crippen LogP contribution in [0.15, 0.2) is 15.7 Å². The lowest BCUT2D eigenvalue weighted by Crippen LogP contribution is -2.53. The van der Waals surface area contributed by atoms with E-state index in [0.29, 0.717) is 18.4 Å². The fraction of sp³-hybridized carbons (Fsp3) is 0.706. The van der Waals surface area contributed by atoms with Crippen LogP contribution in [-0.2, 0) is 4.74 Å². The number of methoxy groups -OCH3 is 2. The summed E-state index contributed by atoms with van der Waals surface area (Å²) in [6.45, 7) is 10.9. The number of guanidine groups is 1. The third-order valence-corrected chi connectivity index (χ3v) is 4.80. The number of halogens is 1. The van der Waals surface area contributed by atoms with Crippen molar-refractivity contribution in [2.24, 2.45) is 4.99 Å². The van der Waals surface area contributed by atoms with Gasteiger partial charge >= 0.3 is 0 Å². The zero-order valence-corrected chi connectivity index (χ0v) is 17.8. The van der Waals surface area contributed by atoms with Crippen LogP contribution in [0.3, 0.4) is 0 Å². The molecule has 0 atom stereocenters. The second-order valence-electron chi connectivity index (χ2n) is 6.64. The van der Waals surface area contributed by atoms with Crippen molar-refractivity contribution in [3.05, 3.63) is 10.7 Å². The molecule has 0 aromatic carbocycles. The highest BCUT2D eigenvalue weighted by Crippen LogP contribution is 2.23. The van der Waals surface area contributed by atoms with E-state index < -0.39 is 0 Å². The Bertz CT molecular complexity index is 617. The zero-order chi connectivity index (χ0) is 19.2. The van der Waals surface area contributed by atoms with Crippen molar-refractivity contribution in [2.45, 2.75) is 26.4 Å². The molecule has 0 spiro atoms. The minimum atomic E-state index is -0.273. The third-order valence-electron chi connectivity index (χ3n) is 4.25. The number of rotatable bonds is 6. The van der Waals surface area contributed by atoms with Gasteiger partial charge in [0.15, 0.2) is 5.96 Å². The van der Waals surface area contributed by atoms with Crippen molar-refractivity contribution in [1.82, 2.24) is 20.2 Å². The molecule has 0 aliphatic carbocycles. The van der Waals surface area contributed by atoms with Gasteiger partial charge in [-0.15, -0.1) is 0 Å².